The molecule has 0 aliphatic carbocycles. The van der Waals surface area contributed by atoms with Gasteiger partial charge in [-0.25, -0.2) is 8.42 Å². The molecule has 1 amide bonds. The molecule has 24 heavy (non-hydrogen) atoms. The molecule has 7 heteroatoms. The third-order valence-corrected chi connectivity index (χ3v) is 5.98. The highest BCUT2D eigenvalue weighted by Crippen LogP contribution is 2.29. The minimum absolute atomic E-state index is 0.0261. The Kier molecular flexibility index (Phi) is 4.36. The molecule has 6 nitrogen and oxygen atoms in total. The summed E-state index contributed by atoms with van der Waals surface area (Å²) in [5.41, 5.74) is 1.08. The summed E-state index contributed by atoms with van der Waals surface area (Å²) in [6, 6.07) is 8.25. The van der Waals surface area contributed by atoms with Gasteiger partial charge in [-0.1, -0.05) is 0 Å². The van der Waals surface area contributed by atoms with Crippen LogP contribution in [-0.2, 0) is 9.84 Å². The Morgan fingerprint density at radius 3 is 2.46 bits per heavy atom. The summed E-state index contributed by atoms with van der Waals surface area (Å²) in [4.78, 5) is 14.6. The van der Waals surface area contributed by atoms with E-state index in [4.69, 9.17) is 9.15 Å². The van der Waals surface area contributed by atoms with Crippen LogP contribution in [0.4, 0.5) is 5.69 Å². The Bertz CT molecular complexity index is 838. The lowest BCUT2D eigenvalue weighted by atomic mass is 10.1. The smallest absolute Gasteiger partial charge is 0.262 e. The predicted molar refractivity (Wildman–Crippen MR) is 90.3 cm³/mol. The maximum absolute atomic E-state index is 13.0. The Balaban J connectivity index is 2.00. The molecular weight excluding hydrogens is 330 g/mol. The fourth-order valence-corrected chi connectivity index (χ4v) is 4.65. The van der Waals surface area contributed by atoms with E-state index in [9.17, 15) is 13.2 Å². The average molecular weight is 349 g/mol. The third kappa shape index (κ3) is 3.17. The van der Waals surface area contributed by atoms with E-state index >= 15 is 0 Å². The topological polar surface area (TPSA) is 76.8 Å². The minimum Gasteiger partial charge on any atom is -0.497 e. The van der Waals surface area contributed by atoms with Gasteiger partial charge in [0, 0.05) is 5.69 Å². The quantitative estimate of drug-likeness (QED) is 0.847. The van der Waals surface area contributed by atoms with Crippen molar-refractivity contribution in [3.8, 4) is 5.75 Å². The number of hydrogen-bond acceptors (Lipinski definition) is 5. The zero-order chi connectivity index (χ0) is 17.3. The van der Waals surface area contributed by atoms with Crippen molar-refractivity contribution >= 4 is 21.4 Å². The summed E-state index contributed by atoms with van der Waals surface area (Å²) in [7, 11) is -1.55. The Hall–Kier alpha value is -2.28. The molecule has 2 aromatic rings. The van der Waals surface area contributed by atoms with Crippen LogP contribution in [0.15, 0.2) is 41.0 Å². The van der Waals surface area contributed by atoms with E-state index in [1.807, 2.05) is 0 Å². The maximum atomic E-state index is 13.0. The van der Waals surface area contributed by atoms with Crippen LogP contribution in [0.3, 0.4) is 0 Å². The molecule has 1 fully saturated rings. The number of carbonyl (C=O) groups excluding carboxylic acids is 1. The molecule has 1 aromatic carbocycles. The van der Waals surface area contributed by atoms with Crippen LogP contribution in [0.1, 0.15) is 22.5 Å². The van der Waals surface area contributed by atoms with E-state index in [1.54, 1.807) is 49.3 Å². The number of ether oxygens (including phenoxy) is 1. The lowest BCUT2D eigenvalue weighted by Gasteiger charge is -2.28. The predicted octanol–water partition coefficient (Wildman–Crippen LogP) is 2.43. The summed E-state index contributed by atoms with van der Waals surface area (Å²) < 4.78 is 34.1. The van der Waals surface area contributed by atoms with Crippen molar-refractivity contribution < 1.29 is 22.4 Å². The molecule has 1 aliphatic rings. The second-order valence-electron chi connectivity index (χ2n) is 5.82. The number of furan rings is 1. The first kappa shape index (κ1) is 16.6. The molecule has 2 heterocycles. The summed E-state index contributed by atoms with van der Waals surface area (Å²) in [5, 5.41) is 0. The van der Waals surface area contributed by atoms with E-state index in [1.165, 1.54) is 6.26 Å². The van der Waals surface area contributed by atoms with Crippen LogP contribution in [0, 0.1) is 6.92 Å². The zero-order valence-electron chi connectivity index (χ0n) is 13.6. The first-order valence-corrected chi connectivity index (χ1v) is 9.45. The highest BCUT2D eigenvalue weighted by atomic mass is 32.2. The van der Waals surface area contributed by atoms with E-state index in [-0.39, 0.29) is 23.5 Å². The SMILES string of the molecule is COc1ccc(N(C(=O)c2ccoc2C)[C@H]2CCS(=O)(=O)C2)cc1. The number of methoxy groups -OCH3 is 1. The number of sulfone groups is 1. The van der Waals surface area contributed by atoms with Crippen LogP contribution in [-0.4, -0.2) is 39.0 Å². The summed E-state index contributed by atoms with van der Waals surface area (Å²) in [6.07, 6.45) is 1.89. The number of amides is 1. The van der Waals surface area contributed by atoms with Crippen LogP contribution in [0.2, 0.25) is 0 Å². The summed E-state index contributed by atoms with van der Waals surface area (Å²) >= 11 is 0. The van der Waals surface area contributed by atoms with Gasteiger partial charge in [-0.05, 0) is 43.7 Å². The molecule has 0 bridgehead atoms. The molecule has 0 radical (unpaired) electrons. The molecule has 1 aliphatic heterocycles. The van der Waals surface area contributed by atoms with Crippen molar-refractivity contribution in [3.63, 3.8) is 0 Å². The minimum atomic E-state index is -3.12. The Labute approximate surface area is 140 Å². The standard InChI is InChI=1S/C17H19NO5S/c1-12-16(7-9-23-12)17(19)18(14-8-10-24(20,21)11-14)13-3-5-15(22-2)6-4-13/h3-7,9,14H,8,10-11H2,1-2H3/t14-/m0/s1. The molecule has 3 rings (SSSR count). The molecule has 0 saturated carbocycles. The van der Waals surface area contributed by atoms with Gasteiger partial charge in [0.1, 0.15) is 11.5 Å². The summed E-state index contributed by atoms with van der Waals surface area (Å²) in [6.45, 7) is 1.71. The van der Waals surface area contributed by atoms with Crippen molar-refractivity contribution in [2.45, 2.75) is 19.4 Å². The van der Waals surface area contributed by atoms with Crippen LogP contribution >= 0.6 is 0 Å². The van der Waals surface area contributed by atoms with Gasteiger partial charge in [-0.3, -0.25) is 4.79 Å². The first-order chi connectivity index (χ1) is 11.4. The van der Waals surface area contributed by atoms with Gasteiger partial charge >= 0.3 is 0 Å². The third-order valence-electron chi connectivity index (χ3n) is 4.23. The molecule has 0 unspecified atom stereocenters. The van der Waals surface area contributed by atoms with Crippen LogP contribution < -0.4 is 9.64 Å². The second kappa shape index (κ2) is 6.32. The van der Waals surface area contributed by atoms with E-state index < -0.39 is 9.84 Å². The number of nitrogens with zero attached hydrogens (tertiary/aromatic N) is 1. The van der Waals surface area contributed by atoms with Gasteiger partial charge in [-0.15, -0.1) is 0 Å². The van der Waals surface area contributed by atoms with E-state index in [2.05, 4.69) is 0 Å². The van der Waals surface area contributed by atoms with Gasteiger partial charge in [-0.2, -0.15) is 0 Å². The van der Waals surface area contributed by atoms with E-state index in [0.717, 1.165) is 0 Å². The molecule has 1 atom stereocenters. The maximum Gasteiger partial charge on any atom is 0.262 e. The molecule has 1 saturated heterocycles. The van der Waals surface area contributed by atoms with Gasteiger partial charge in [0.15, 0.2) is 9.84 Å². The number of carbonyl (C=O) groups is 1. The average Bonchev–Trinajstić information content (AvgIpc) is 3.13. The van der Waals surface area contributed by atoms with Crippen LogP contribution in [0.25, 0.3) is 0 Å². The largest absolute Gasteiger partial charge is 0.497 e. The number of rotatable bonds is 4. The van der Waals surface area contributed by atoms with Gasteiger partial charge in [0.2, 0.25) is 0 Å². The van der Waals surface area contributed by atoms with Crippen molar-refractivity contribution in [1.29, 1.82) is 0 Å². The lowest BCUT2D eigenvalue weighted by Crippen LogP contribution is -2.41. The Morgan fingerprint density at radius 1 is 1.25 bits per heavy atom. The number of hydrogen-bond donors (Lipinski definition) is 0. The Morgan fingerprint density at radius 2 is 1.96 bits per heavy atom. The fraction of sp³-hybridized carbons (Fsp3) is 0.353. The summed E-state index contributed by atoms with van der Waals surface area (Å²) in [5.74, 6) is 1.00. The van der Waals surface area contributed by atoms with Crippen molar-refractivity contribution in [2.75, 3.05) is 23.5 Å². The molecule has 0 spiro atoms. The van der Waals surface area contributed by atoms with Gasteiger partial charge < -0.3 is 14.1 Å². The molecule has 0 N–H and O–H groups in total. The number of anilines is 1. The van der Waals surface area contributed by atoms with Gasteiger partial charge in [0.25, 0.3) is 5.91 Å². The number of aryl methyl sites for hydroxylation is 1. The van der Waals surface area contributed by atoms with Gasteiger partial charge in [0.05, 0.1) is 36.5 Å². The first-order valence-electron chi connectivity index (χ1n) is 7.63. The van der Waals surface area contributed by atoms with Crippen molar-refractivity contribution in [1.82, 2.24) is 0 Å². The lowest BCUT2D eigenvalue weighted by molar-refractivity contribution is 0.0977. The number of benzene rings is 1. The molecular formula is C17H19NO5S. The highest BCUT2D eigenvalue weighted by molar-refractivity contribution is 7.91. The molecule has 1 aromatic heterocycles. The monoisotopic (exact) mass is 349 g/mol. The van der Waals surface area contributed by atoms with Crippen molar-refractivity contribution in [2.24, 2.45) is 0 Å². The normalized spacial score (nSPS) is 19.2. The van der Waals surface area contributed by atoms with E-state index in [0.29, 0.717) is 29.2 Å². The van der Waals surface area contributed by atoms with Crippen LogP contribution in [0.5, 0.6) is 5.75 Å². The van der Waals surface area contributed by atoms with Crippen molar-refractivity contribution in [3.05, 3.63) is 47.9 Å². The second-order valence-corrected chi connectivity index (χ2v) is 8.05. The zero-order valence-corrected chi connectivity index (χ0v) is 14.4. The fourth-order valence-electron chi connectivity index (χ4n) is 2.95. The highest BCUT2D eigenvalue weighted by Gasteiger charge is 2.36. The molecule has 128 valence electrons.